The number of ether oxygens (including phenoxy) is 1. The van der Waals surface area contributed by atoms with Gasteiger partial charge in [0.25, 0.3) is 0 Å². The Hall–Kier alpha value is -1.25. The fourth-order valence-electron chi connectivity index (χ4n) is 2.37. The van der Waals surface area contributed by atoms with Gasteiger partial charge in [-0.25, -0.2) is 0 Å². The van der Waals surface area contributed by atoms with Gasteiger partial charge < -0.3 is 15.4 Å². The molecular weight excluding hydrogens is 340 g/mol. The van der Waals surface area contributed by atoms with Crippen LogP contribution in [0.1, 0.15) is 37.1 Å². The Kier molecular flexibility index (Phi) is 9.05. The Balaban J connectivity index is 0.00000264. The van der Waals surface area contributed by atoms with E-state index in [4.69, 9.17) is 0 Å². The van der Waals surface area contributed by atoms with Gasteiger partial charge in [-0.05, 0) is 38.3 Å². The first-order valence-corrected chi connectivity index (χ1v) is 8.39. The van der Waals surface area contributed by atoms with Gasteiger partial charge in [-0.15, -0.1) is 22.6 Å². The van der Waals surface area contributed by atoms with Crippen molar-refractivity contribution in [3.05, 3.63) is 5.01 Å². The van der Waals surface area contributed by atoms with Gasteiger partial charge >= 0.3 is 5.97 Å². The minimum atomic E-state index is -0.223. The SMILES string of the molecule is COC(=O)CCCc1nnc(NC(=O)CCC2CCNC2)s1.Cl. The van der Waals surface area contributed by atoms with Crippen LogP contribution in [0.2, 0.25) is 0 Å². The van der Waals surface area contributed by atoms with E-state index in [9.17, 15) is 9.59 Å². The zero-order valence-electron chi connectivity index (χ0n) is 13.2. The van der Waals surface area contributed by atoms with Crippen molar-refractivity contribution in [1.82, 2.24) is 15.5 Å². The van der Waals surface area contributed by atoms with Crippen LogP contribution >= 0.6 is 23.7 Å². The summed E-state index contributed by atoms with van der Waals surface area (Å²) in [6.45, 7) is 2.06. The molecule has 1 atom stereocenters. The Labute approximate surface area is 146 Å². The molecule has 2 rings (SSSR count). The number of aromatic nitrogens is 2. The Morgan fingerprint density at radius 1 is 1.39 bits per heavy atom. The summed E-state index contributed by atoms with van der Waals surface area (Å²) in [5.41, 5.74) is 0. The van der Waals surface area contributed by atoms with E-state index in [2.05, 4.69) is 25.6 Å². The molecule has 2 N–H and O–H groups in total. The average molecular weight is 363 g/mol. The number of aryl methyl sites for hydroxylation is 1. The lowest BCUT2D eigenvalue weighted by atomic mass is 10.0. The Bertz CT molecular complexity index is 506. The van der Waals surface area contributed by atoms with Crippen molar-refractivity contribution in [2.24, 2.45) is 5.92 Å². The lowest BCUT2D eigenvalue weighted by Crippen LogP contribution is -2.14. The second-order valence-electron chi connectivity index (χ2n) is 5.38. The van der Waals surface area contributed by atoms with E-state index in [0.29, 0.717) is 36.7 Å². The number of anilines is 1. The summed E-state index contributed by atoms with van der Waals surface area (Å²) >= 11 is 1.36. The highest BCUT2D eigenvalue weighted by molar-refractivity contribution is 7.15. The van der Waals surface area contributed by atoms with Gasteiger partial charge in [0, 0.05) is 19.3 Å². The topological polar surface area (TPSA) is 93.2 Å². The third-order valence-corrected chi connectivity index (χ3v) is 4.55. The molecule has 1 unspecified atom stereocenters. The van der Waals surface area contributed by atoms with Crippen LogP contribution in [0.25, 0.3) is 0 Å². The van der Waals surface area contributed by atoms with Crippen molar-refractivity contribution in [3.63, 3.8) is 0 Å². The molecule has 1 aromatic heterocycles. The van der Waals surface area contributed by atoms with Crippen LogP contribution in [0.3, 0.4) is 0 Å². The first-order chi connectivity index (χ1) is 10.7. The number of hydrogen-bond acceptors (Lipinski definition) is 7. The number of carbonyl (C=O) groups is 2. The molecule has 7 nitrogen and oxygen atoms in total. The predicted molar refractivity (Wildman–Crippen MR) is 91.0 cm³/mol. The molecule has 1 amide bonds. The van der Waals surface area contributed by atoms with E-state index >= 15 is 0 Å². The van der Waals surface area contributed by atoms with Crippen molar-refractivity contribution in [2.75, 3.05) is 25.5 Å². The normalized spacial score (nSPS) is 16.7. The first kappa shape index (κ1) is 19.8. The van der Waals surface area contributed by atoms with Gasteiger partial charge in [0.15, 0.2) is 0 Å². The standard InChI is InChI=1S/C14H22N4O3S.ClH/c1-21-13(20)4-2-3-12-17-18-14(22-12)16-11(19)6-5-10-7-8-15-9-10;/h10,15H,2-9H2,1H3,(H,16,18,19);1H. The van der Waals surface area contributed by atoms with Gasteiger partial charge in [-0.3, -0.25) is 9.59 Å². The summed E-state index contributed by atoms with van der Waals surface area (Å²) in [7, 11) is 1.38. The molecule has 0 spiro atoms. The summed E-state index contributed by atoms with van der Waals surface area (Å²) in [4.78, 5) is 22.9. The smallest absolute Gasteiger partial charge is 0.305 e. The molecule has 130 valence electrons. The fourth-order valence-corrected chi connectivity index (χ4v) is 3.17. The van der Waals surface area contributed by atoms with Crippen molar-refractivity contribution in [2.45, 2.75) is 38.5 Å². The zero-order chi connectivity index (χ0) is 15.8. The van der Waals surface area contributed by atoms with Gasteiger partial charge in [-0.2, -0.15) is 0 Å². The second kappa shape index (κ2) is 10.5. The van der Waals surface area contributed by atoms with E-state index in [1.807, 2.05) is 0 Å². The summed E-state index contributed by atoms with van der Waals surface area (Å²) in [6, 6.07) is 0. The lowest BCUT2D eigenvalue weighted by molar-refractivity contribution is -0.140. The van der Waals surface area contributed by atoms with Crippen LogP contribution in [0, 0.1) is 5.92 Å². The minimum absolute atomic E-state index is 0. The fraction of sp³-hybridized carbons (Fsp3) is 0.714. The summed E-state index contributed by atoms with van der Waals surface area (Å²) in [5, 5.41) is 15.4. The number of hydrogen-bond donors (Lipinski definition) is 2. The lowest BCUT2D eigenvalue weighted by Gasteiger charge is -2.06. The summed E-state index contributed by atoms with van der Waals surface area (Å²) < 4.78 is 4.58. The molecule has 0 saturated carbocycles. The van der Waals surface area contributed by atoms with E-state index in [-0.39, 0.29) is 24.3 Å². The maximum Gasteiger partial charge on any atom is 0.305 e. The third kappa shape index (κ3) is 7.24. The molecule has 9 heteroatoms. The van der Waals surface area contributed by atoms with Crippen LogP contribution < -0.4 is 10.6 Å². The van der Waals surface area contributed by atoms with E-state index < -0.39 is 0 Å². The molecule has 0 radical (unpaired) electrons. The monoisotopic (exact) mass is 362 g/mol. The number of esters is 1. The van der Waals surface area contributed by atoms with Crippen molar-refractivity contribution < 1.29 is 14.3 Å². The van der Waals surface area contributed by atoms with Crippen molar-refractivity contribution >= 4 is 40.8 Å². The number of carbonyl (C=O) groups excluding carboxylic acids is 2. The minimum Gasteiger partial charge on any atom is -0.469 e. The highest BCUT2D eigenvalue weighted by Gasteiger charge is 2.16. The van der Waals surface area contributed by atoms with Gasteiger partial charge in [0.2, 0.25) is 11.0 Å². The maximum absolute atomic E-state index is 11.9. The Morgan fingerprint density at radius 2 is 2.22 bits per heavy atom. The number of amides is 1. The van der Waals surface area contributed by atoms with Gasteiger partial charge in [0.05, 0.1) is 7.11 Å². The highest BCUT2D eigenvalue weighted by Crippen LogP contribution is 2.19. The van der Waals surface area contributed by atoms with Crippen LogP contribution in [-0.4, -0.2) is 42.3 Å². The molecular formula is C14H23ClN4O3S. The van der Waals surface area contributed by atoms with E-state index in [0.717, 1.165) is 30.9 Å². The predicted octanol–water partition coefficient (Wildman–Crippen LogP) is 1.78. The van der Waals surface area contributed by atoms with Crippen molar-refractivity contribution in [3.8, 4) is 0 Å². The molecule has 23 heavy (non-hydrogen) atoms. The van der Waals surface area contributed by atoms with E-state index in [1.165, 1.54) is 18.4 Å². The molecule has 0 aromatic carbocycles. The molecule has 0 aliphatic carbocycles. The molecule has 1 saturated heterocycles. The first-order valence-electron chi connectivity index (χ1n) is 7.57. The number of rotatable bonds is 8. The van der Waals surface area contributed by atoms with Crippen LogP contribution in [0.15, 0.2) is 0 Å². The van der Waals surface area contributed by atoms with Gasteiger partial charge in [-0.1, -0.05) is 11.3 Å². The zero-order valence-corrected chi connectivity index (χ0v) is 14.8. The Morgan fingerprint density at radius 3 is 2.91 bits per heavy atom. The van der Waals surface area contributed by atoms with Crippen molar-refractivity contribution in [1.29, 1.82) is 0 Å². The number of methoxy groups -OCH3 is 1. The highest BCUT2D eigenvalue weighted by atomic mass is 35.5. The van der Waals surface area contributed by atoms with Crippen LogP contribution in [0.5, 0.6) is 0 Å². The number of nitrogens with zero attached hydrogens (tertiary/aromatic N) is 2. The summed E-state index contributed by atoms with van der Waals surface area (Å²) in [6.07, 6.45) is 4.27. The third-order valence-electron chi connectivity index (χ3n) is 3.65. The molecule has 1 aliphatic rings. The van der Waals surface area contributed by atoms with Crippen LogP contribution in [0.4, 0.5) is 5.13 Å². The number of halogens is 1. The molecule has 1 aliphatic heterocycles. The average Bonchev–Trinajstić information content (AvgIpc) is 3.17. The summed E-state index contributed by atoms with van der Waals surface area (Å²) in [5.74, 6) is 0.373. The van der Waals surface area contributed by atoms with Gasteiger partial charge in [0.1, 0.15) is 5.01 Å². The molecule has 2 heterocycles. The maximum atomic E-state index is 11.9. The second-order valence-corrected chi connectivity index (χ2v) is 6.44. The largest absolute Gasteiger partial charge is 0.469 e. The quantitative estimate of drug-likeness (QED) is 0.685. The number of nitrogens with one attached hydrogen (secondary N) is 2. The van der Waals surface area contributed by atoms with Crippen LogP contribution in [-0.2, 0) is 20.7 Å². The van der Waals surface area contributed by atoms with E-state index in [1.54, 1.807) is 0 Å². The molecule has 1 aromatic rings. The molecule has 0 bridgehead atoms. The molecule has 1 fully saturated rings.